The van der Waals surface area contributed by atoms with Crippen molar-refractivity contribution in [1.29, 1.82) is 0 Å². The van der Waals surface area contributed by atoms with Gasteiger partial charge in [-0.2, -0.15) is 0 Å². The van der Waals surface area contributed by atoms with Crippen LogP contribution in [0.5, 0.6) is 11.5 Å². The van der Waals surface area contributed by atoms with Crippen LogP contribution in [0.1, 0.15) is 11.1 Å². The summed E-state index contributed by atoms with van der Waals surface area (Å²) in [6, 6.07) is 5.52. The van der Waals surface area contributed by atoms with Gasteiger partial charge in [-0.3, -0.25) is 24.6 Å². The van der Waals surface area contributed by atoms with Gasteiger partial charge in [0.05, 0.1) is 16.4 Å². The Bertz CT molecular complexity index is 1150. The number of nitro groups is 1. The number of carbonyl (C=O) groups is 2. The fourth-order valence-corrected chi connectivity index (χ4v) is 4.38. The Morgan fingerprint density at radius 3 is 2.47 bits per heavy atom. The lowest BCUT2D eigenvalue weighted by Gasteiger charge is -2.14. The van der Waals surface area contributed by atoms with Crippen LogP contribution in [0.25, 0.3) is 6.08 Å². The normalized spacial score (nSPS) is 16.6. The predicted molar refractivity (Wildman–Crippen MR) is 112 cm³/mol. The first-order valence-electron chi connectivity index (χ1n) is 8.21. The topological polar surface area (TPSA) is 99.0 Å². The first-order valence-corrected chi connectivity index (χ1v) is 10.2. The highest BCUT2D eigenvalue weighted by Crippen LogP contribution is 2.40. The van der Waals surface area contributed by atoms with Gasteiger partial charge in [-0.1, -0.05) is 34.8 Å². The Labute approximate surface area is 188 Å². The predicted octanol–water partition coefficient (Wildman–Crippen LogP) is 5.52. The third-order valence-electron chi connectivity index (χ3n) is 4.29. The Hall–Kier alpha value is -2.46. The minimum atomic E-state index is -0.663. The molecule has 0 radical (unpaired) electrons. The monoisotopic (exact) mass is 486 g/mol. The molecule has 8 nitrogen and oxygen atoms in total. The molecule has 30 heavy (non-hydrogen) atoms. The van der Waals surface area contributed by atoms with Crippen LogP contribution >= 0.6 is 46.6 Å². The van der Waals surface area contributed by atoms with E-state index in [0.29, 0.717) is 33.8 Å². The van der Waals surface area contributed by atoms with Crippen molar-refractivity contribution in [2.24, 2.45) is 0 Å². The average Bonchev–Trinajstić information content (AvgIpc) is 3.22. The molecular formula is C18H9Cl3N2O6S. The molecule has 2 aromatic rings. The van der Waals surface area contributed by atoms with Crippen LogP contribution in [-0.2, 0) is 11.3 Å². The summed E-state index contributed by atoms with van der Waals surface area (Å²) in [6.07, 6.45) is 1.32. The number of fused-ring (bicyclic) bond motifs is 1. The third kappa shape index (κ3) is 3.81. The number of imide groups is 1. The molecule has 2 heterocycles. The van der Waals surface area contributed by atoms with Gasteiger partial charge in [-0.25, -0.2) is 0 Å². The van der Waals surface area contributed by atoms with Gasteiger partial charge in [0.25, 0.3) is 16.8 Å². The number of hydrogen-bond donors (Lipinski definition) is 0. The van der Waals surface area contributed by atoms with Gasteiger partial charge in [0.1, 0.15) is 5.02 Å². The molecule has 0 unspecified atom stereocenters. The van der Waals surface area contributed by atoms with Gasteiger partial charge in [-0.15, -0.1) is 0 Å². The first kappa shape index (κ1) is 20.8. The molecule has 0 N–H and O–H groups in total. The second-order valence-electron chi connectivity index (χ2n) is 6.15. The van der Waals surface area contributed by atoms with Crippen LogP contribution in [0.2, 0.25) is 15.1 Å². The number of hydrogen-bond acceptors (Lipinski definition) is 7. The second-order valence-corrected chi connectivity index (χ2v) is 8.36. The van der Waals surface area contributed by atoms with Crippen molar-refractivity contribution < 1.29 is 24.0 Å². The van der Waals surface area contributed by atoms with Crippen LogP contribution in [-0.4, -0.2) is 27.8 Å². The second kappa shape index (κ2) is 7.99. The van der Waals surface area contributed by atoms with Crippen molar-refractivity contribution in [3.63, 3.8) is 0 Å². The highest BCUT2D eigenvalue weighted by atomic mass is 35.5. The molecule has 4 rings (SSSR count). The molecule has 2 aliphatic rings. The summed E-state index contributed by atoms with van der Waals surface area (Å²) in [7, 11) is 0. The molecular weight excluding hydrogens is 479 g/mol. The van der Waals surface area contributed by atoms with E-state index >= 15 is 0 Å². The molecule has 2 aromatic carbocycles. The lowest BCUT2D eigenvalue weighted by Crippen LogP contribution is -2.27. The summed E-state index contributed by atoms with van der Waals surface area (Å²) in [5, 5.41) is 10.9. The fourth-order valence-electron chi connectivity index (χ4n) is 2.83. The van der Waals surface area contributed by atoms with Crippen LogP contribution in [0.3, 0.4) is 0 Å². The zero-order valence-corrected chi connectivity index (χ0v) is 17.8. The summed E-state index contributed by atoms with van der Waals surface area (Å²) in [4.78, 5) is 36.7. The maximum Gasteiger partial charge on any atom is 0.293 e. The summed E-state index contributed by atoms with van der Waals surface area (Å²) >= 11 is 18.8. The first-order chi connectivity index (χ1) is 14.2. The summed E-state index contributed by atoms with van der Waals surface area (Å²) in [6.45, 7) is -0.0145. The Balaban J connectivity index is 1.62. The van der Waals surface area contributed by atoms with Crippen molar-refractivity contribution in [2.75, 3.05) is 6.79 Å². The third-order valence-corrected chi connectivity index (χ3v) is 6.18. The zero-order valence-electron chi connectivity index (χ0n) is 14.7. The SMILES string of the molecule is O=C1S/C(=C\c2cc([N+](=O)[O-])c(Cl)cc2Cl)C(=O)N1Cc1cc2c(cc1Cl)OCO2. The van der Waals surface area contributed by atoms with E-state index in [1.54, 1.807) is 12.1 Å². The van der Waals surface area contributed by atoms with E-state index in [4.69, 9.17) is 44.3 Å². The van der Waals surface area contributed by atoms with Crippen molar-refractivity contribution in [3.8, 4) is 11.5 Å². The van der Waals surface area contributed by atoms with E-state index in [0.717, 1.165) is 11.0 Å². The van der Waals surface area contributed by atoms with E-state index < -0.39 is 16.1 Å². The average molecular weight is 488 g/mol. The maximum atomic E-state index is 12.8. The van der Waals surface area contributed by atoms with Crippen LogP contribution in [0, 0.1) is 10.1 Å². The number of nitro benzene ring substituents is 1. The minimum absolute atomic E-state index is 0.0629. The van der Waals surface area contributed by atoms with Crippen molar-refractivity contribution >= 4 is 69.5 Å². The number of benzene rings is 2. The number of rotatable bonds is 4. The maximum absolute atomic E-state index is 12.8. The van der Waals surface area contributed by atoms with E-state index in [1.165, 1.54) is 12.1 Å². The molecule has 12 heteroatoms. The lowest BCUT2D eigenvalue weighted by atomic mass is 10.1. The molecule has 0 aromatic heterocycles. The number of carbonyl (C=O) groups excluding carboxylic acids is 2. The summed E-state index contributed by atoms with van der Waals surface area (Å²) < 4.78 is 10.5. The number of nitrogens with zero attached hydrogens (tertiary/aromatic N) is 2. The van der Waals surface area contributed by atoms with Gasteiger partial charge in [0, 0.05) is 27.7 Å². The van der Waals surface area contributed by atoms with Gasteiger partial charge in [0.2, 0.25) is 6.79 Å². The van der Waals surface area contributed by atoms with E-state index in [2.05, 4.69) is 0 Å². The molecule has 0 atom stereocenters. The highest BCUT2D eigenvalue weighted by Gasteiger charge is 2.36. The quantitative estimate of drug-likeness (QED) is 0.318. The minimum Gasteiger partial charge on any atom is -0.454 e. The van der Waals surface area contributed by atoms with Gasteiger partial charge < -0.3 is 9.47 Å². The lowest BCUT2D eigenvalue weighted by molar-refractivity contribution is -0.384. The molecule has 2 aliphatic heterocycles. The van der Waals surface area contributed by atoms with Crippen molar-refractivity contribution in [2.45, 2.75) is 6.54 Å². The molecule has 1 fully saturated rings. The van der Waals surface area contributed by atoms with Gasteiger partial charge in [-0.05, 0) is 35.5 Å². The smallest absolute Gasteiger partial charge is 0.293 e. The summed E-state index contributed by atoms with van der Waals surface area (Å²) in [5.41, 5.74) is 0.336. The number of halogens is 3. The number of amides is 2. The fraction of sp³-hybridized carbons (Fsp3) is 0.111. The van der Waals surface area contributed by atoms with Gasteiger partial charge in [0.15, 0.2) is 11.5 Å². The van der Waals surface area contributed by atoms with Crippen LogP contribution in [0.15, 0.2) is 29.2 Å². The Kier molecular flexibility index (Phi) is 5.54. The van der Waals surface area contributed by atoms with Crippen LogP contribution in [0.4, 0.5) is 10.5 Å². The van der Waals surface area contributed by atoms with Crippen molar-refractivity contribution in [3.05, 3.63) is 65.5 Å². The molecule has 2 amide bonds. The summed E-state index contributed by atoms with van der Waals surface area (Å²) in [5.74, 6) is 0.376. The standard InChI is InChI=1S/C18H9Cl3N2O6S/c19-10-4-12(21)13(23(26)27)1-8(10)3-16-17(24)22(18(25)30-16)6-9-2-14-15(5-11(9)20)29-7-28-14/h1-5H,6-7H2/b16-3-. The van der Waals surface area contributed by atoms with Crippen molar-refractivity contribution in [1.82, 2.24) is 4.90 Å². The molecule has 154 valence electrons. The van der Waals surface area contributed by atoms with E-state index in [9.17, 15) is 19.7 Å². The molecule has 0 aliphatic carbocycles. The number of ether oxygens (including phenoxy) is 2. The molecule has 0 bridgehead atoms. The Morgan fingerprint density at radius 2 is 1.77 bits per heavy atom. The molecule has 0 saturated carbocycles. The number of thioether (sulfide) groups is 1. The highest BCUT2D eigenvalue weighted by molar-refractivity contribution is 8.18. The molecule has 0 spiro atoms. The van der Waals surface area contributed by atoms with E-state index in [1.807, 2.05) is 0 Å². The Morgan fingerprint density at radius 1 is 1.07 bits per heavy atom. The molecule has 1 saturated heterocycles. The van der Waals surface area contributed by atoms with Gasteiger partial charge >= 0.3 is 0 Å². The largest absolute Gasteiger partial charge is 0.454 e. The van der Waals surface area contributed by atoms with E-state index in [-0.39, 0.29) is 39.5 Å². The van der Waals surface area contributed by atoms with Crippen LogP contribution < -0.4 is 9.47 Å². The zero-order chi connectivity index (χ0) is 21.6.